The van der Waals surface area contributed by atoms with Crippen molar-refractivity contribution in [2.24, 2.45) is 21.8 Å². The molecular formula is C23H29N3OS. The summed E-state index contributed by atoms with van der Waals surface area (Å²) in [6.07, 6.45) is 5.52. The second-order valence-electron chi connectivity index (χ2n) is 8.16. The number of likely N-dealkylation sites (tertiary alicyclic amines) is 1. The summed E-state index contributed by atoms with van der Waals surface area (Å²) in [6.45, 7) is 6.56. The van der Waals surface area contributed by atoms with Gasteiger partial charge in [0.25, 0.3) is 0 Å². The SMILES string of the molecule is CCCC1CC(=O)N(C/C(C)=C(/N=C2\CN=C(C3CC3)S2)c2ccccc2)C1. The van der Waals surface area contributed by atoms with Crippen LogP contribution in [0.4, 0.5) is 0 Å². The van der Waals surface area contributed by atoms with Gasteiger partial charge < -0.3 is 4.90 Å². The molecule has 1 saturated heterocycles. The summed E-state index contributed by atoms with van der Waals surface area (Å²) in [6, 6.07) is 10.3. The van der Waals surface area contributed by atoms with Crippen molar-refractivity contribution in [1.29, 1.82) is 0 Å². The molecule has 4 rings (SSSR count). The van der Waals surface area contributed by atoms with E-state index >= 15 is 0 Å². The average molecular weight is 396 g/mol. The number of hydrogen-bond acceptors (Lipinski definition) is 4. The minimum atomic E-state index is 0.285. The molecule has 1 aliphatic carbocycles. The maximum atomic E-state index is 12.5. The van der Waals surface area contributed by atoms with Crippen LogP contribution in [0.25, 0.3) is 5.70 Å². The molecule has 2 aliphatic heterocycles. The van der Waals surface area contributed by atoms with E-state index < -0.39 is 0 Å². The molecule has 1 atom stereocenters. The van der Waals surface area contributed by atoms with Gasteiger partial charge in [-0.1, -0.05) is 55.4 Å². The Morgan fingerprint density at radius 3 is 2.79 bits per heavy atom. The number of aliphatic imine (C=N–C) groups is 2. The van der Waals surface area contributed by atoms with E-state index in [1.807, 2.05) is 11.0 Å². The number of nitrogens with zero attached hydrogens (tertiary/aromatic N) is 3. The molecule has 1 aromatic carbocycles. The molecule has 28 heavy (non-hydrogen) atoms. The third-order valence-electron chi connectivity index (χ3n) is 5.63. The molecule has 0 spiro atoms. The van der Waals surface area contributed by atoms with E-state index in [1.165, 1.54) is 17.9 Å². The van der Waals surface area contributed by atoms with Gasteiger partial charge in [0.15, 0.2) is 0 Å². The Morgan fingerprint density at radius 2 is 2.07 bits per heavy atom. The van der Waals surface area contributed by atoms with Crippen LogP contribution in [0.2, 0.25) is 0 Å². The van der Waals surface area contributed by atoms with Gasteiger partial charge in [0.05, 0.1) is 17.3 Å². The molecule has 4 nitrogen and oxygen atoms in total. The normalized spacial score (nSPS) is 24.7. The summed E-state index contributed by atoms with van der Waals surface area (Å²) in [7, 11) is 0. The van der Waals surface area contributed by atoms with Crippen LogP contribution in [0.15, 0.2) is 45.9 Å². The predicted molar refractivity (Wildman–Crippen MR) is 119 cm³/mol. The van der Waals surface area contributed by atoms with Gasteiger partial charge in [0.2, 0.25) is 5.91 Å². The van der Waals surface area contributed by atoms with E-state index in [1.54, 1.807) is 11.8 Å². The third kappa shape index (κ3) is 4.57. The van der Waals surface area contributed by atoms with Crippen LogP contribution in [0.1, 0.15) is 51.5 Å². The van der Waals surface area contributed by atoms with E-state index in [0.717, 1.165) is 41.3 Å². The first kappa shape index (κ1) is 19.4. The zero-order valence-corrected chi connectivity index (χ0v) is 17.7. The maximum Gasteiger partial charge on any atom is 0.223 e. The van der Waals surface area contributed by atoms with Crippen molar-refractivity contribution in [2.75, 3.05) is 19.6 Å². The van der Waals surface area contributed by atoms with Crippen molar-refractivity contribution in [1.82, 2.24) is 4.90 Å². The summed E-state index contributed by atoms with van der Waals surface area (Å²) >= 11 is 1.76. The smallest absolute Gasteiger partial charge is 0.223 e. The maximum absolute atomic E-state index is 12.5. The van der Waals surface area contributed by atoms with Crippen molar-refractivity contribution in [2.45, 2.75) is 46.0 Å². The Balaban J connectivity index is 1.55. The predicted octanol–water partition coefficient (Wildman–Crippen LogP) is 5.02. The summed E-state index contributed by atoms with van der Waals surface area (Å²) < 4.78 is 0. The minimum Gasteiger partial charge on any atom is -0.338 e. The lowest BCUT2D eigenvalue weighted by atomic mass is 10.0. The molecule has 0 aromatic heterocycles. The van der Waals surface area contributed by atoms with Gasteiger partial charge in [-0.3, -0.25) is 9.79 Å². The summed E-state index contributed by atoms with van der Waals surface area (Å²) in [5, 5.41) is 2.35. The van der Waals surface area contributed by atoms with Crippen molar-refractivity contribution in [3.05, 3.63) is 41.5 Å². The fraction of sp³-hybridized carbons (Fsp3) is 0.522. The lowest BCUT2D eigenvalue weighted by molar-refractivity contribution is -0.127. The van der Waals surface area contributed by atoms with Crippen LogP contribution in [0.5, 0.6) is 0 Å². The highest BCUT2D eigenvalue weighted by atomic mass is 32.2. The highest BCUT2D eigenvalue weighted by molar-refractivity contribution is 8.27. The Bertz CT molecular complexity index is 824. The molecule has 0 radical (unpaired) electrons. The molecule has 5 heteroatoms. The van der Waals surface area contributed by atoms with Crippen LogP contribution in [-0.2, 0) is 4.79 Å². The molecule has 1 aromatic rings. The monoisotopic (exact) mass is 395 g/mol. The highest BCUT2D eigenvalue weighted by Crippen LogP contribution is 2.38. The van der Waals surface area contributed by atoms with Crippen molar-refractivity contribution < 1.29 is 4.79 Å². The van der Waals surface area contributed by atoms with Crippen LogP contribution in [0.3, 0.4) is 0 Å². The first-order valence-corrected chi connectivity index (χ1v) is 11.3. The fourth-order valence-corrected chi connectivity index (χ4v) is 5.07. The van der Waals surface area contributed by atoms with Crippen molar-refractivity contribution in [3.8, 4) is 0 Å². The van der Waals surface area contributed by atoms with Crippen molar-refractivity contribution >= 4 is 33.5 Å². The van der Waals surface area contributed by atoms with Gasteiger partial charge in [0, 0.05) is 31.0 Å². The lowest BCUT2D eigenvalue weighted by Crippen LogP contribution is -2.27. The van der Waals surface area contributed by atoms with Gasteiger partial charge in [-0.25, -0.2) is 4.99 Å². The van der Waals surface area contributed by atoms with Crippen LogP contribution in [-0.4, -0.2) is 40.5 Å². The van der Waals surface area contributed by atoms with E-state index in [4.69, 9.17) is 9.98 Å². The molecule has 1 amide bonds. The van der Waals surface area contributed by atoms with Gasteiger partial charge in [-0.15, -0.1) is 0 Å². The molecule has 0 N–H and O–H groups in total. The third-order valence-corrected chi connectivity index (χ3v) is 6.75. The lowest BCUT2D eigenvalue weighted by Gasteiger charge is -2.19. The van der Waals surface area contributed by atoms with Crippen LogP contribution >= 0.6 is 11.8 Å². The number of hydrogen-bond donors (Lipinski definition) is 0. The summed E-state index contributed by atoms with van der Waals surface area (Å²) in [5.74, 6) is 1.48. The molecule has 2 fully saturated rings. The molecule has 1 unspecified atom stereocenters. The second kappa shape index (κ2) is 8.64. The first-order chi connectivity index (χ1) is 13.6. The second-order valence-corrected chi connectivity index (χ2v) is 9.26. The zero-order chi connectivity index (χ0) is 19.5. The Kier molecular flexibility index (Phi) is 6.00. The first-order valence-electron chi connectivity index (χ1n) is 10.5. The zero-order valence-electron chi connectivity index (χ0n) is 16.9. The minimum absolute atomic E-state index is 0.285. The number of carbonyl (C=O) groups is 1. The molecule has 0 bridgehead atoms. The Hall–Kier alpha value is -1.88. The highest BCUT2D eigenvalue weighted by Gasteiger charge is 2.32. The molecule has 1 saturated carbocycles. The number of rotatable bonds is 7. The molecule has 2 heterocycles. The van der Waals surface area contributed by atoms with E-state index in [0.29, 0.717) is 31.3 Å². The van der Waals surface area contributed by atoms with Crippen LogP contribution < -0.4 is 0 Å². The van der Waals surface area contributed by atoms with Gasteiger partial charge in [0.1, 0.15) is 5.04 Å². The van der Waals surface area contributed by atoms with Crippen molar-refractivity contribution in [3.63, 3.8) is 0 Å². The molecule has 148 valence electrons. The number of amides is 1. The molecule has 3 aliphatic rings. The largest absolute Gasteiger partial charge is 0.338 e. The topological polar surface area (TPSA) is 45.0 Å². The fourth-order valence-electron chi connectivity index (χ4n) is 4.03. The van der Waals surface area contributed by atoms with Gasteiger partial charge in [-0.05, 0) is 37.7 Å². The number of thioether (sulfide) groups is 1. The average Bonchev–Trinajstić information content (AvgIpc) is 3.35. The summed E-state index contributed by atoms with van der Waals surface area (Å²) in [5.41, 5.74) is 3.27. The Morgan fingerprint density at radius 1 is 1.29 bits per heavy atom. The van der Waals surface area contributed by atoms with E-state index in [-0.39, 0.29) is 5.91 Å². The van der Waals surface area contributed by atoms with Crippen LogP contribution in [0, 0.1) is 11.8 Å². The van der Waals surface area contributed by atoms with Gasteiger partial charge in [-0.2, -0.15) is 0 Å². The Labute approximate surface area is 172 Å². The van der Waals surface area contributed by atoms with E-state index in [2.05, 4.69) is 38.1 Å². The quantitative estimate of drug-likeness (QED) is 0.651. The van der Waals surface area contributed by atoms with E-state index in [9.17, 15) is 4.79 Å². The number of benzene rings is 1. The standard InChI is InChI=1S/C23H29N3OS/c1-3-7-17-12-21(27)26(15-17)14-16(2)22(18-8-5-4-6-9-18)25-20-13-24-23(28-20)19-10-11-19/h4-6,8-9,17,19H,3,7,10-15H2,1-2H3/b22-16+,25-20+. The summed E-state index contributed by atoms with van der Waals surface area (Å²) in [4.78, 5) is 24.2. The molecular weight excluding hydrogens is 366 g/mol. The number of carbonyl (C=O) groups excluding carboxylic acids is 1. The van der Waals surface area contributed by atoms with Gasteiger partial charge >= 0.3 is 0 Å².